The van der Waals surface area contributed by atoms with Crippen molar-refractivity contribution in [3.63, 3.8) is 0 Å². The van der Waals surface area contributed by atoms with Crippen molar-refractivity contribution in [2.24, 2.45) is 0 Å². The molecule has 9 heteroatoms. The molecule has 0 spiro atoms. The number of hydrogen-bond acceptors (Lipinski definition) is 5. The Kier molecular flexibility index (Phi) is 4.89. The number of nitrogens with one attached hydrogen (secondary N) is 1. The summed E-state index contributed by atoms with van der Waals surface area (Å²) in [7, 11) is 0. The van der Waals surface area contributed by atoms with Crippen LogP contribution in [0.1, 0.15) is 15.4 Å². The topological polar surface area (TPSA) is 72.7 Å². The number of rotatable bonds is 4. The molecule has 0 radical (unpaired) electrons. The molecule has 4 aromatic rings. The molecule has 140 valence electrons. The molecule has 0 fully saturated rings. The summed E-state index contributed by atoms with van der Waals surface area (Å²) < 4.78 is 14.7. The number of hydrogen-bond donors (Lipinski definition) is 1. The molecule has 2 heterocycles. The van der Waals surface area contributed by atoms with E-state index in [0.29, 0.717) is 32.0 Å². The number of nitrogens with zero attached hydrogens (tertiary/aromatic N) is 4. The van der Waals surface area contributed by atoms with Gasteiger partial charge in [-0.15, -0.1) is 11.3 Å². The second kappa shape index (κ2) is 7.49. The molecule has 2 aromatic heterocycles. The highest BCUT2D eigenvalue weighted by molar-refractivity contribution is 7.17. The quantitative estimate of drug-likeness (QED) is 0.524. The SMILES string of the molecule is Cc1nc(-c2ccc(F)cc2)sc1C(=O)Nc1cc(Cl)ccc1-n1cncn1. The average molecular weight is 414 g/mol. The highest BCUT2D eigenvalue weighted by Crippen LogP contribution is 2.30. The Balaban J connectivity index is 1.65. The van der Waals surface area contributed by atoms with Crippen LogP contribution in [0.15, 0.2) is 55.1 Å². The fourth-order valence-electron chi connectivity index (χ4n) is 2.64. The largest absolute Gasteiger partial charge is 0.319 e. The minimum absolute atomic E-state index is 0.313. The monoisotopic (exact) mass is 413 g/mol. The van der Waals surface area contributed by atoms with E-state index in [2.05, 4.69) is 20.4 Å². The molecule has 0 aliphatic carbocycles. The Labute approximate surface area is 168 Å². The lowest BCUT2D eigenvalue weighted by molar-refractivity contribution is 0.103. The first kappa shape index (κ1) is 18.3. The van der Waals surface area contributed by atoms with E-state index in [4.69, 9.17) is 11.6 Å². The normalized spacial score (nSPS) is 10.8. The van der Waals surface area contributed by atoms with Crippen LogP contribution in [0.25, 0.3) is 16.3 Å². The van der Waals surface area contributed by atoms with Gasteiger partial charge in [-0.05, 0) is 49.4 Å². The molecule has 0 aliphatic heterocycles. The third-order valence-electron chi connectivity index (χ3n) is 3.97. The minimum Gasteiger partial charge on any atom is -0.319 e. The van der Waals surface area contributed by atoms with Crippen molar-refractivity contribution in [2.45, 2.75) is 6.92 Å². The van der Waals surface area contributed by atoms with Crippen LogP contribution in [-0.2, 0) is 0 Å². The maximum Gasteiger partial charge on any atom is 0.267 e. The third-order valence-corrected chi connectivity index (χ3v) is 5.41. The Hall–Kier alpha value is -3.10. The van der Waals surface area contributed by atoms with Crippen molar-refractivity contribution in [3.8, 4) is 16.3 Å². The molecule has 28 heavy (non-hydrogen) atoms. The van der Waals surface area contributed by atoms with Crippen LogP contribution < -0.4 is 5.32 Å². The van der Waals surface area contributed by atoms with E-state index in [1.54, 1.807) is 37.3 Å². The molecule has 2 aromatic carbocycles. The number of benzene rings is 2. The van der Waals surface area contributed by atoms with E-state index < -0.39 is 0 Å². The van der Waals surface area contributed by atoms with Crippen molar-refractivity contribution in [1.82, 2.24) is 19.7 Å². The number of thiazole rings is 1. The summed E-state index contributed by atoms with van der Waals surface area (Å²) in [6.07, 6.45) is 2.94. The third kappa shape index (κ3) is 3.64. The van der Waals surface area contributed by atoms with E-state index in [9.17, 15) is 9.18 Å². The average Bonchev–Trinajstić information content (AvgIpc) is 3.32. The fraction of sp³-hybridized carbons (Fsp3) is 0.0526. The van der Waals surface area contributed by atoms with Gasteiger partial charge in [0.2, 0.25) is 0 Å². The number of anilines is 1. The van der Waals surface area contributed by atoms with Gasteiger partial charge in [-0.25, -0.2) is 19.0 Å². The van der Waals surface area contributed by atoms with Crippen LogP contribution in [0.2, 0.25) is 5.02 Å². The fourth-order valence-corrected chi connectivity index (χ4v) is 3.78. The second-order valence-corrected chi connectivity index (χ2v) is 7.33. The van der Waals surface area contributed by atoms with Crippen molar-refractivity contribution >= 4 is 34.5 Å². The van der Waals surface area contributed by atoms with Crippen molar-refractivity contribution in [1.29, 1.82) is 0 Å². The van der Waals surface area contributed by atoms with Gasteiger partial charge in [0.15, 0.2) is 0 Å². The molecule has 0 aliphatic rings. The van der Waals surface area contributed by atoms with Crippen molar-refractivity contribution < 1.29 is 9.18 Å². The first-order valence-electron chi connectivity index (χ1n) is 8.20. The second-order valence-electron chi connectivity index (χ2n) is 5.90. The number of amides is 1. The molecule has 0 saturated heterocycles. The summed E-state index contributed by atoms with van der Waals surface area (Å²) >= 11 is 7.34. The summed E-state index contributed by atoms with van der Waals surface area (Å²) in [5.41, 5.74) is 2.47. The zero-order valence-corrected chi connectivity index (χ0v) is 16.1. The number of halogens is 2. The predicted octanol–water partition coefficient (Wildman–Crippen LogP) is 4.74. The molecule has 1 N–H and O–H groups in total. The minimum atomic E-state index is -0.323. The van der Waals surface area contributed by atoms with Gasteiger partial charge in [-0.1, -0.05) is 11.6 Å². The maximum absolute atomic E-state index is 13.1. The van der Waals surface area contributed by atoms with E-state index in [1.165, 1.54) is 40.8 Å². The van der Waals surface area contributed by atoms with Gasteiger partial charge >= 0.3 is 0 Å². The lowest BCUT2D eigenvalue weighted by Crippen LogP contribution is -2.14. The van der Waals surface area contributed by atoms with Crippen LogP contribution in [0.3, 0.4) is 0 Å². The van der Waals surface area contributed by atoms with Crippen LogP contribution in [0.5, 0.6) is 0 Å². The molecule has 0 saturated carbocycles. The molecule has 0 unspecified atom stereocenters. The highest BCUT2D eigenvalue weighted by Gasteiger charge is 2.18. The molecule has 0 bridgehead atoms. The standard InChI is InChI=1S/C19H13ClFN5OS/c1-11-17(28-19(24-11)12-2-5-14(21)6-3-12)18(27)25-15-8-13(20)4-7-16(15)26-10-22-9-23-26/h2-10H,1H3,(H,25,27). The van der Waals surface area contributed by atoms with E-state index in [-0.39, 0.29) is 11.7 Å². The van der Waals surface area contributed by atoms with Crippen molar-refractivity contribution in [3.05, 3.63) is 76.5 Å². The molecular formula is C19H13ClFN5OS. The van der Waals surface area contributed by atoms with Gasteiger partial charge in [-0.2, -0.15) is 5.10 Å². The van der Waals surface area contributed by atoms with Crippen LogP contribution >= 0.6 is 22.9 Å². The van der Waals surface area contributed by atoms with Gasteiger partial charge in [0.1, 0.15) is 28.4 Å². The molecular weight excluding hydrogens is 401 g/mol. The maximum atomic E-state index is 13.1. The van der Waals surface area contributed by atoms with Crippen molar-refractivity contribution in [2.75, 3.05) is 5.32 Å². The van der Waals surface area contributed by atoms with Crippen LogP contribution in [0, 0.1) is 12.7 Å². The van der Waals surface area contributed by atoms with Gasteiger partial charge in [-0.3, -0.25) is 4.79 Å². The van der Waals surface area contributed by atoms with Crippen LogP contribution in [0.4, 0.5) is 10.1 Å². The lowest BCUT2D eigenvalue weighted by Gasteiger charge is -2.11. The Morgan fingerprint density at radius 3 is 2.71 bits per heavy atom. The van der Waals surface area contributed by atoms with Crippen LogP contribution in [-0.4, -0.2) is 25.7 Å². The summed E-state index contributed by atoms with van der Waals surface area (Å²) in [5.74, 6) is -0.636. The Morgan fingerprint density at radius 2 is 2.00 bits per heavy atom. The summed E-state index contributed by atoms with van der Waals surface area (Å²) in [5, 5.41) is 8.09. The molecule has 1 amide bonds. The number of aryl methyl sites for hydroxylation is 1. The lowest BCUT2D eigenvalue weighted by atomic mass is 10.2. The molecule has 6 nitrogen and oxygen atoms in total. The van der Waals surface area contributed by atoms with E-state index in [1.807, 2.05) is 0 Å². The van der Waals surface area contributed by atoms with E-state index in [0.717, 1.165) is 5.56 Å². The first-order valence-corrected chi connectivity index (χ1v) is 9.40. The summed E-state index contributed by atoms with van der Waals surface area (Å²) in [4.78, 5) is 21.7. The van der Waals surface area contributed by atoms with E-state index >= 15 is 0 Å². The first-order chi connectivity index (χ1) is 13.5. The Morgan fingerprint density at radius 1 is 1.21 bits per heavy atom. The van der Waals surface area contributed by atoms with Gasteiger partial charge in [0.25, 0.3) is 5.91 Å². The predicted molar refractivity (Wildman–Crippen MR) is 107 cm³/mol. The van der Waals surface area contributed by atoms with Gasteiger partial charge < -0.3 is 5.32 Å². The molecule has 0 atom stereocenters. The molecule has 4 rings (SSSR count). The number of carbonyl (C=O) groups excluding carboxylic acids is 1. The highest BCUT2D eigenvalue weighted by atomic mass is 35.5. The van der Waals surface area contributed by atoms with Gasteiger partial charge in [0, 0.05) is 10.6 Å². The summed E-state index contributed by atoms with van der Waals surface area (Å²) in [6, 6.07) is 11.1. The number of aromatic nitrogens is 4. The Bertz CT molecular complexity index is 1140. The van der Waals surface area contributed by atoms with Gasteiger partial charge in [0.05, 0.1) is 17.1 Å². The summed E-state index contributed by atoms with van der Waals surface area (Å²) in [6.45, 7) is 1.76. The smallest absolute Gasteiger partial charge is 0.267 e. The zero-order valence-electron chi connectivity index (χ0n) is 14.6. The number of carbonyl (C=O) groups is 1. The zero-order chi connectivity index (χ0) is 19.7.